The molecule has 0 spiro atoms. The van der Waals surface area contributed by atoms with Gasteiger partial charge in [-0.2, -0.15) is 0 Å². The predicted molar refractivity (Wildman–Crippen MR) is 55.1 cm³/mol. The van der Waals surface area contributed by atoms with E-state index in [0.29, 0.717) is 0 Å². The lowest BCUT2D eigenvalue weighted by molar-refractivity contribution is -0.131. The normalized spacial score (nSPS) is 23.2. The van der Waals surface area contributed by atoms with E-state index in [-0.39, 0.29) is 17.6 Å². The first-order chi connectivity index (χ1) is 6.63. The Morgan fingerprint density at radius 2 is 1.79 bits per heavy atom. The van der Waals surface area contributed by atoms with Crippen molar-refractivity contribution in [2.24, 2.45) is 5.92 Å². The molecular formula is C11H19NO2. The topological polar surface area (TPSA) is 46.2 Å². The van der Waals surface area contributed by atoms with E-state index in [1.165, 1.54) is 20.3 Å². The van der Waals surface area contributed by atoms with Crippen molar-refractivity contribution in [3.05, 3.63) is 0 Å². The second-order valence-electron chi connectivity index (χ2n) is 4.11. The van der Waals surface area contributed by atoms with Crippen LogP contribution in [0.5, 0.6) is 0 Å². The van der Waals surface area contributed by atoms with E-state index in [1.807, 2.05) is 0 Å². The number of rotatable bonds is 3. The van der Waals surface area contributed by atoms with E-state index in [9.17, 15) is 9.59 Å². The standard InChI is InChI=1S/C11H19NO2/c1-8(13)11(9(2)14)10-6-4-3-5-7-12-10/h10-12H,3-7H2,1-2H3. The van der Waals surface area contributed by atoms with Crippen LogP contribution in [0.2, 0.25) is 0 Å². The maximum absolute atomic E-state index is 11.3. The van der Waals surface area contributed by atoms with Crippen LogP contribution in [-0.2, 0) is 9.59 Å². The first kappa shape index (κ1) is 11.4. The van der Waals surface area contributed by atoms with Crippen LogP contribution < -0.4 is 5.32 Å². The van der Waals surface area contributed by atoms with Crippen molar-refractivity contribution in [2.75, 3.05) is 6.54 Å². The molecule has 1 atom stereocenters. The van der Waals surface area contributed by atoms with Gasteiger partial charge in [-0.25, -0.2) is 0 Å². The first-order valence-electron chi connectivity index (χ1n) is 5.37. The Balaban J connectivity index is 2.65. The first-order valence-corrected chi connectivity index (χ1v) is 5.37. The molecule has 1 saturated heterocycles. The van der Waals surface area contributed by atoms with Crippen LogP contribution in [0.25, 0.3) is 0 Å². The average Bonchev–Trinajstić information content (AvgIpc) is 2.31. The number of carbonyl (C=O) groups excluding carboxylic acids is 2. The van der Waals surface area contributed by atoms with E-state index >= 15 is 0 Å². The van der Waals surface area contributed by atoms with Gasteiger partial charge < -0.3 is 5.32 Å². The number of hydrogen-bond donors (Lipinski definition) is 1. The number of carbonyl (C=O) groups is 2. The Morgan fingerprint density at radius 3 is 2.36 bits per heavy atom. The Bertz CT molecular complexity index is 203. The van der Waals surface area contributed by atoms with Crippen LogP contribution >= 0.6 is 0 Å². The predicted octanol–water partition coefficient (Wildman–Crippen LogP) is 1.31. The maximum Gasteiger partial charge on any atom is 0.141 e. The van der Waals surface area contributed by atoms with E-state index in [4.69, 9.17) is 0 Å². The van der Waals surface area contributed by atoms with Crippen LogP contribution in [0.15, 0.2) is 0 Å². The molecule has 0 amide bonds. The van der Waals surface area contributed by atoms with Crippen molar-refractivity contribution < 1.29 is 9.59 Å². The Labute approximate surface area is 85.3 Å². The third kappa shape index (κ3) is 2.91. The Kier molecular flexibility index (Phi) is 4.26. The van der Waals surface area contributed by atoms with Gasteiger partial charge in [-0.15, -0.1) is 0 Å². The summed E-state index contributed by atoms with van der Waals surface area (Å²) in [6.07, 6.45) is 4.42. The molecule has 0 saturated carbocycles. The summed E-state index contributed by atoms with van der Waals surface area (Å²) in [7, 11) is 0. The summed E-state index contributed by atoms with van der Waals surface area (Å²) in [6.45, 7) is 3.96. The smallest absolute Gasteiger partial charge is 0.141 e. The van der Waals surface area contributed by atoms with Gasteiger partial charge in [0.15, 0.2) is 0 Å². The van der Waals surface area contributed by atoms with Crippen LogP contribution in [0, 0.1) is 5.92 Å². The van der Waals surface area contributed by atoms with Gasteiger partial charge >= 0.3 is 0 Å². The minimum atomic E-state index is -0.423. The van der Waals surface area contributed by atoms with E-state index in [2.05, 4.69) is 5.32 Å². The van der Waals surface area contributed by atoms with E-state index in [0.717, 1.165) is 25.8 Å². The third-order valence-electron chi connectivity index (χ3n) is 2.88. The van der Waals surface area contributed by atoms with Crippen LogP contribution in [-0.4, -0.2) is 24.2 Å². The summed E-state index contributed by atoms with van der Waals surface area (Å²) in [5.41, 5.74) is 0. The van der Waals surface area contributed by atoms with Gasteiger partial charge in [-0.3, -0.25) is 9.59 Å². The average molecular weight is 197 g/mol. The van der Waals surface area contributed by atoms with Crippen molar-refractivity contribution in [1.82, 2.24) is 5.32 Å². The van der Waals surface area contributed by atoms with Gasteiger partial charge in [0.2, 0.25) is 0 Å². The number of Topliss-reactive ketones (excluding diaryl/α,β-unsaturated/α-hetero) is 2. The van der Waals surface area contributed by atoms with Gasteiger partial charge in [-0.1, -0.05) is 12.8 Å². The van der Waals surface area contributed by atoms with Gasteiger partial charge in [0.1, 0.15) is 11.6 Å². The van der Waals surface area contributed by atoms with Crippen LogP contribution in [0.4, 0.5) is 0 Å². The molecule has 1 rings (SSSR count). The van der Waals surface area contributed by atoms with Gasteiger partial charge in [0, 0.05) is 6.04 Å². The highest BCUT2D eigenvalue weighted by Crippen LogP contribution is 2.17. The number of hydrogen-bond acceptors (Lipinski definition) is 3. The molecule has 0 aromatic rings. The van der Waals surface area contributed by atoms with Gasteiger partial charge in [0.25, 0.3) is 0 Å². The van der Waals surface area contributed by atoms with Crippen LogP contribution in [0.3, 0.4) is 0 Å². The second kappa shape index (κ2) is 5.25. The molecular weight excluding hydrogens is 178 g/mol. The molecule has 1 heterocycles. The van der Waals surface area contributed by atoms with Crippen molar-refractivity contribution in [1.29, 1.82) is 0 Å². The quantitative estimate of drug-likeness (QED) is 0.694. The fourth-order valence-corrected chi connectivity index (χ4v) is 2.19. The highest BCUT2D eigenvalue weighted by atomic mass is 16.1. The van der Waals surface area contributed by atoms with Gasteiger partial charge in [0.05, 0.1) is 5.92 Å². The SMILES string of the molecule is CC(=O)C(C(C)=O)C1CCCCCN1. The third-order valence-corrected chi connectivity index (χ3v) is 2.88. The number of nitrogens with one attached hydrogen (secondary N) is 1. The molecule has 3 heteroatoms. The molecule has 0 aromatic carbocycles. The summed E-state index contributed by atoms with van der Waals surface area (Å²) in [6, 6.07) is 0.0764. The fraction of sp³-hybridized carbons (Fsp3) is 0.818. The van der Waals surface area contributed by atoms with Crippen molar-refractivity contribution >= 4 is 11.6 Å². The highest BCUT2D eigenvalue weighted by Gasteiger charge is 2.29. The zero-order chi connectivity index (χ0) is 10.6. The molecule has 1 fully saturated rings. The second-order valence-corrected chi connectivity index (χ2v) is 4.11. The number of ketones is 2. The molecule has 14 heavy (non-hydrogen) atoms. The van der Waals surface area contributed by atoms with Crippen LogP contribution in [0.1, 0.15) is 39.5 Å². The zero-order valence-electron chi connectivity index (χ0n) is 9.01. The van der Waals surface area contributed by atoms with Gasteiger partial charge in [-0.05, 0) is 33.2 Å². The summed E-state index contributed by atoms with van der Waals surface area (Å²) in [5.74, 6) is -0.429. The molecule has 0 aromatic heterocycles. The maximum atomic E-state index is 11.3. The molecule has 80 valence electrons. The Hall–Kier alpha value is -0.700. The van der Waals surface area contributed by atoms with Crippen molar-refractivity contribution in [3.8, 4) is 0 Å². The highest BCUT2D eigenvalue weighted by molar-refractivity contribution is 6.01. The molecule has 0 aliphatic carbocycles. The minimum Gasteiger partial charge on any atom is -0.313 e. The lowest BCUT2D eigenvalue weighted by atomic mass is 9.89. The molecule has 1 N–H and O–H groups in total. The molecule has 1 aliphatic rings. The lowest BCUT2D eigenvalue weighted by Crippen LogP contribution is -2.42. The summed E-state index contributed by atoms with van der Waals surface area (Å²) in [5, 5.41) is 3.30. The lowest BCUT2D eigenvalue weighted by Gasteiger charge is -2.22. The largest absolute Gasteiger partial charge is 0.313 e. The zero-order valence-corrected chi connectivity index (χ0v) is 9.01. The molecule has 0 radical (unpaired) electrons. The summed E-state index contributed by atoms with van der Waals surface area (Å²) >= 11 is 0. The monoisotopic (exact) mass is 197 g/mol. The van der Waals surface area contributed by atoms with E-state index < -0.39 is 5.92 Å². The molecule has 1 aliphatic heterocycles. The van der Waals surface area contributed by atoms with E-state index in [1.54, 1.807) is 0 Å². The fourth-order valence-electron chi connectivity index (χ4n) is 2.19. The van der Waals surface area contributed by atoms with Crippen molar-refractivity contribution in [3.63, 3.8) is 0 Å². The molecule has 0 bridgehead atoms. The minimum absolute atomic E-state index is 0.00287. The molecule has 3 nitrogen and oxygen atoms in total. The molecule has 1 unspecified atom stereocenters. The Morgan fingerprint density at radius 1 is 1.14 bits per heavy atom. The summed E-state index contributed by atoms with van der Waals surface area (Å²) in [4.78, 5) is 22.7. The van der Waals surface area contributed by atoms with Crippen molar-refractivity contribution in [2.45, 2.75) is 45.6 Å². The summed E-state index contributed by atoms with van der Waals surface area (Å²) < 4.78 is 0.